The first kappa shape index (κ1) is 10.9. The summed E-state index contributed by atoms with van der Waals surface area (Å²) in [5.74, 6) is 1.09. The van der Waals surface area contributed by atoms with E-state index in [-0.39, 0.29) is 6.17 Å². The summed E-state index contributed by atoms with van der Waals surface area (Å²) < 4.78 is 0. The molecule has 1 aliphatic heterocycles. The average molecular weight is 237 g/mol. The van der Waals surface area contributed by atoms with Crippen LogP contribution in [0.4, 0.5) is 0 Å². The van der Waals surface area contributed by atoms with Gasteiger partial charge >= 0.3 is 0 Å². The Morgan fingerprint density at radius 1 is 1.62 bits per heavy atom. The van der Waals surface area contributed by atoms with Gasteiger partial charge in [-0.3, -0.25) is 5.32 Å². The molecule has 6 heteroatoms. The van der Waals surface area contributed by atoms with Gasteiger partial charge < -0.3 is 11.1 Å². The SMILES string of the molecule is Cc1cc(CN=C2NC(N)=NC(C)N2)cs1. The number of aliphatic imine (C=N–C) groups is 2. The lowest BCUT2D eigenvalue weighted by Crippen LogP contribution is -2.52. The van der Waals surface area contributed by atoms with Gasteiger partial charge in [-0.2, -0.15) is 0 Å². The van der Waals surface area contributed by atoms with E-state index in [2.05, 4.69) is 39.0 Å². The zero-order valence-electron chi connectivity index (χ0n) is 9.32. The van der Waals surface area contributed by atoms with Crippen LogP contribution in [0.1, 0.15) is 17.4 Å². The third kappa shape index (κ3) is 2.73. The summed E-state index contributed by atoms with van der Waals surface area (Å²) in [5.41, 5.74) is 6.82. The lowest BCUT2D eigenvalue weighted by Gasteiger charge is -2.20. The van der Waals surface area contributed by atoms with Crippen LogP contribution >= 0.6 is 11.3 Å². The molecule has 0 radical (unpaired) electrons. The zero-order valence-corrected chi connectivity index (χ0v) is 10.1. The van der Waals surface area contributed by atoms with Crippen molar-refractivity contribution in [2.45, 2.75) is 26.6 Å². The quantitative estimate of drug-likeness (QED) is 0.711. The number of guanidine groups is 2. The highest BCUT2D eigenvalue weighted by Gasteiger charge is 2.11. The zero-order chi connectivity index (χ0) is 11.5. The fraction of sp³-hybridized carbons (Fsp3) is 0.400. The summed E-state index contributed by atoms with van der Waals surface area (Å²) in [6.45, 7) is 4.67. The molecule has 86 valence electrons. The molecule has 1 unspecified atom stereocenters. The van der Waals surface area contributed by atoms with E-state index in [1.54, 1.807) is 11.3 Å². The molecule has 0 bridgehead atoms. The molecule has 1 atom stereocenters. The minimum absolute atomic E-state index is 0.0239. The number of nitrogens with one attached hydrogen (secondary N) is 2. The molecule has 0 saturated carbocycles. The summed E-state index contributed by atoms with van der Waals surface area (Å²) in [6.07, 6.45) is -0.0239. The number of nitrogens with two attached hydrogens (primary N) is 1. The van der Waals surface area contributed by atoms with Crippen molar-refractivity contribution in [3.63, 3.8) is 0 Å². The molecule has 0 fully saturated rings. The van der Waals surface area contributed by atoms with Gasteiger partial charge in [0.25, 0.3) is 0 Å². The molecule has 2 heterocycles. The van der Waals surface area contributed by atoms with Crippen molar-refractivity contribution in [2.24, 2.45) is 15.7 Å². The van der Waals surface area contributed by atoms with Gasteiger partial charge in [0.1, 0.15) is 6.17 Å². The van der Waals surface area contributed by atoms with Crippen LogP contribution in [0.15, 0.2) is 21.4 Å². The Morgan fingerprint density at radius 3 is 3.06 bits per heavy atom. The minimum Gasteiger partial charge on any atom is -0.370 e. The molecule has 0 spiro atoms. The summed E-state index contributed by atoms with van der Waals surface area (Å²) >= 11 is 1.73. The number of aryl methyl sites for hydroxylation is 1. The Morgan fingerprint density at radius 2 is 2.44 bits per heavy atom. The van der Waals surface area contributed by atoms with E-state index in [1.807, 2.05) is 6.92 Å². The molecule has 1 aromatic rings. The number of hydrogen-bond donors (Lipinski definition) is 3. The molecule has 0 saturated heterocycles. The van der Waals surface area contributed by atoms with Crippen molar-refractivity contribution in [2.75, 3.05) is 0 Å². The second-order valence-corrected chi connectivity index (χ2v) is 4.81. The van der Waals surface area contributed by atoms with E-state index in [0.29, 0.717) is 18.5 Å². The smallest absolute Gasteiger partial charge is 0.200 e. The monoisotopic (exact) mass is 237 g/mol. The lowest BCUT2D eigenvalue weighted by atomic mass is 10.3. The minimum atomic E-state index is -0.0239. The van der Waals surface area contributed by atoms with Crippen LogP contribution in [0.2, 0.25) is 0 Å². The molecule has 4 N–H and O–H groups in total. The number of rotatable bonds is 2. The van der Waals surface area contributed by atoms with Gasteiger partial charge in [0.2, 0.25) is 0 Å². The van der Waals surface area contributed by atoms with Crippen LogP contribution < -0.4 is 16.4 Å². The van der Waals surface area contributed by atoms with E-state index in [9.17, 15) is 0 Å². The molecule has 0 aliphatic carbocycles. The van der Waals surface area contributed by atoms with Crippen molar-refractivity contribution in [3.8, 4) is 0 Å². The van der Waals surface area contributed by atoms with Crippen molar-refractivity contribution in [3.05, 3.63) is 21.9 Å². The highest BCUT2D eigenvalue weighted by Crippen LogP contribution is 2.13. The third-order valence-electron chi connectivity index (χ3n) is 2.13. The Bertz CT molecular complexity index is 434. The second-order valence-electron chi connectivity index (χ2n) is 3.69. The first-order chi connectivity index (χ1) is 7.63. The van der Waals surface area contributed by atoms with Gasteiger partial charge in [0.15, 0.2) is 11.9 Å². The molecule has 2 rings (SSSR count). The average Bonchev–Trinajstić information content (AvgIpc) is 2.60. The second kappa shape index (κ2) is 4.52. The molecular formula is C10H15N5S. The van der Waals surface area contributed by atoms with Crippen LogP contribution in [-0.2, 0) is 6.54 Å². The predicted molar refractivity (Wildman–Crippen MR) is 67.6 cm³/mol. The van der Waals surface area contributed by atoms with Gasteiger partial charge in [-0.05, 0) is 30.9 Å². The lowest BCUT2D eigenvalue weighted by molar-refractivity contribution is 0.663. The molecule has 1 aliphatic rings. The van der Waals surface area contributed by atoms with Crippen LogP contribution in [0.3, 0.4) is 0 Å². The standard InChI is InChI=1S/C10H15N5S/c1-6-3-8(5-16-6)4-12-10-14-7(2)13-9(11)15-10/h3,5,7H,4H2,1-2H3,(H4,11,12,13,14,15). The Kier molecular flexibility index (Phi) is 3.09. The number of nitrogens with zero attached hydrogens (tertiary/aromatic N) is 2. The van der Waals surface area contributed by atoms with Gasteiger partial charge in [-0.15, -0.1) is 11.3 Å². The molecule has 5 nitrogen and oxygen atoms in total. The maximum Gasteiger partial charge on any atom is 0.200 e. The van der Waals surface area contributed by atoms with Crippen molar-refractivity contribution in [1.82, 2.24) is 10.6 Å². The van der Waals surface area contributed by atoms with Crippen LogP contribution in [0.25, 0.3) is 0 Å². The third-order valence-corrected chi connectivity index (χ3v) is 3.04. The van der Waals surface area contributed by atoms with E-state index in [1.165, 1.54) is 10.4 Å². The number of hydrogen-bond acceptors (Lipinski definition) is 4. The Labute approximate surface area is 98.5 Å². The summed E-state index contributed by atoms with van der Waals surface area (Å²) in [6, 6.07) is 2.14. The fourth-order valence-corrected chi connectivity index (χ4v) is 2.16. The maximum absolute atomic E-state index is 5.61. The largest absolute Gasteiger partial charge is 0.370 e. The van der Waals surface area contributed by atoms with Crippen molar-refractivity contribution < 1.29 is 0 Å². The van der Waals surface area contributed by atoms with Gasteiger partial charge in [-0.25, -0.2) is 9.98 Å². The highest BCUT2D eigenvalue weighted by atomic mass is 32.1. The van der Waals surface area contributed by atoms with Gasteiger partial charge in [-0.1, -0.05) is 0 Å². The van der Waals surface area contributed by atoms with Gasteiger partial charge in [0.05, 0.1) is 6.54 Å². The summed E-state index contributed by atoms with van der Waals surface area (Å²) in [4.78, 5) is 9.79. The van der Waals surface area contributed by atoms with Crippen molar-refractivity contribution in [1.29, 1.82) is 0 Å². The Balaban J connectivity index is 2.00. The molecule has 16 heavy (non-hydrogen) atoms. The predicted octanol–water partition coefficient (Wildman–Crippen LogP) is 0.766. The summed E-state index contributed by atoms with van der Waals surface area (Å²) in [5, 5.41) is 8.11. The first-order valence-electron chi connectivity index (χ1n) is 5.09. The molecule has 0 aromatic carbocycles. The van der Waals surface area contributed by atoms with Gasteiger partial charge in [0, 0.05) is 4.88 Å². The number of thiophene rings is 1. The summed E-state index contributed by atoms with van der Waals surface area (Å²) in [7, 11) is 0. The molecule has 1 aromatic heterocycles. The van der Waals surface area contributed by atoms with Crippen LogP contribution in [0.5, 0.6) is 0 Å². The fourth-order valence-electron chi connectivity index (χ4n) is 1.46. The topological polar surface area (TPSA) is 74.8 Å². The maximum atomic E-state index is 5.61. The van der Waals surface area contributed by atoms with E-state index in [4.69, 9.17) is 5.73 Å². The molecule has 0 amide bonds. The normalized spacial score (nSPS) is 22.5. The van der Waals surface area contributed by atoms with E-state index >= 15 is 0 Å². The Hall–Kier alpha value is -1.56. The highest BCUT2D eigenvalue weighted by molar-refractivity contribution is 7.10. The van der Waals surface area contributed by atoms with Crippen LogP contribution in [-0.4, -0.2) is 18.1 Å². The first-order valence-corrected chi connectivity index (χ1v) is 5.97. The van der Waals surface area contributed by atoms with E-state index in [0.717, 1.165) is 0 Å². The van der Waals surface area contributed by atoms with E-state index < -0.39 is 0 Å². The molecular weight excluding hydrogens is 222 g/mol. The van der Waals surface area contributed by atoms with Crippen LogP contribution in [0, 0.1) is 6.92 Å². The van der Waals surface area contributed by atoms with Crippen molar-refractivity contribution >= 4 is 23.3 Å².